The number of thioether (sulfide) groups is 2. The van der Waals surface area contributed by atoms with Gasteiger partial charge in [-0.1, -0.05) is 102 Å². The smallest absolute Gasteiger partial charge is 0.207 e. The Morgan fingerprint density at radius 3 is 1.74 bits per heavy atom. The van der Waals surface area contributed by atoms with E-state index in [4.69, 9.17) is 10.1 Å². The molecule has 1 aromatic heterocycles. The average molecular weight is 390 g/mol. The highest BCUT2D eigenvalue weighted by molar-refractivity contribution is 7.99. The summed E-state index contributed by atoms with van der Waals surface area (Å²) in [5.41, 5.74) is 3.59. The first kappa shape index (κ1) is 17.9. The van der Waals surface area contributed by atoms with E-state index in [0.29, 0.717) is 0 Å². The van der Waals surface area contributed by atoms with E-state index in [1.165, 1.54) is 11.1 Å². The van der Waals surface area contributed by atoms with Crippen LogP contribution in [-0.4, -0.2) is 14.8 Å². The van der Waals surface area contributed by atoms with Crippen molar-refractivity contribution in [2.24, 2.45) is 0 Å². The molecule has 4 aromatic rings. The number of hydrogen-bond donors (Lipinski definition) is 0. The molecule has 0 saturated carbocycles. The van der Waals surface area contributed by atoms with Crippen LogP contribution in [0.5, 0.6) is 0 Å². The molecule has 134 valence electrons. The lowest BCUT2D eigenvalue weighted by Crippen LogP contribution is -1.98. The van der Waals surface area contributed by atoms with Crippen LogP contribution in [0, 0.1) is 0 Å². The lowest BCUT2D eigenvalue weighted by Gasteiger charge is -2.05. The molecule has 0 radical (unpaired) electrons. The summed E-state index contributed by atoms with van der Waals surface area (Å²) in [6.07, 6.45) is 0. The van der Waals surface area contributed by atoms with Gasteiger partial charge in [-0.25, -0.2) is 4.68 Å². The average Bonchev–Trinajstić information content (AvgIpc) is 3.16. The summed E-state index contributed by atoms with van der Waals surface area (Å²) < 4.78 is 1.95. The maximum Gasteiger partial charge on any atom is 0.210 e. The van der Waals surface area contributed by atoms with E-state index in [0.717, 1.165) is 27.5 Å². The van der Waals surface area contributed by atoms with Gasteiger partial charge >= 0.3 is 0 Å². The molecule has 27 heavy (non-hydrogen) atoms. The molecule has 0 aliphatic heterocycles. The molecule has 5 heteroatoms. The quantitative estimate of drug-likeness (QED) is 0.371. The molecule has 0 saturated heterocycles. The minimum absolute atomic E-state index is 0.804. The van der Waals surface area contributed by atoms with E-state index in [-0.39, 0.29) is 0 Å². The SMILES string of the molecule is c1ccc(CSc2nc(SCc3ccccc3)n(-c3ccccc3)n2)cc1. The Kier molecular flexibility index (Phi) is 5.92. The van der Waals surface area contributed by atoms with Crippen molar-refractivity contribution in [3.63, 3.8) is 0 Å². The molecule has 0 N–H and O–H groups in total. The van der Waals surface area contributed by atoms with Crippen molar-refractivity contribution in [3.05, 3.63) is 102 Å². The van der Waals surface area contributed by atoms with Crippen molar-refractivity contribution in [3.8, 4) is 5.69 Å². The Hall–Kier alpha value is -2.50. The van der Waals surface area contributed by atoms with Crippen molar-refractivity contribution in [2.45, 2.75) is 21.8 Å². The summed E-state index contributed by atoms with van der Waals surface area (Å²) in [6, 6.07) is 31.1. The summed E-state index contributed by atoms with van der Waals surface area (Å²) in [5, 5.41) is 6.48. The number of benzene rings is 3. The van der Waals surface area contributed by atoms with E-state index in [1.54, 1.807) is 23.5 Å². The topological polar surface area (TPSA) is 30.7 Å². The van der Waals surface area contributed by atoms with Gasteiger partial charge in [0.25, 0.3) is 0 Å². The molecule has 0 atom stereocenters. The highest BCUT2D eigenvalue weighted by Gasteiger charge is 2.13. The predicted molar refractivity (Wildman–Crippen MR) is 113 cm³/mol. The Morgan fingerprint density at radius 1 is 0.630 bits per heavy atom. The van der Waals surface area contributed by atoms with Crippen LogP contribution < -0.4 is 0 Å². The van der Waals surface area contributed by atoms with Crippen LogP contribution in [0.1, 0.15) is 11.1 Å². The lowest BCUT2D eigenvalue weighted by molar-refractivity contribution is 0.773. The second-order valence-corrected chi connectivity index (χ2v) is 7.86. The molecule has 0 fully saturated rings. The van der Waals surface area contributed by atoms with E-state index in [9.17, 15) is 0 Å². The zero-order valence-electron chi connectivity index (χ0n) is 14.7. The summed E-state index contributed by atoms with van der Waals surface area (Å²) in [6.45, 7) is 0. The van der Waals surface area contributed by atoms with Crippen LogP contribution in [0.15, 0.2) is 101 Å². The summed E-state index contributed by atoms with van der Waals surface area (Å²) in [4.78, 5) is 4.79. The number of hydrogen-bond acceptors (Lipinski definition) is 4. The molecule has 0 aliphatic rings. The van der Waals surface area contributed by atoms with Gasteiger partial charge in [-0.2, -0.15) is 4.98 Å². The van der Waals surface area contributed by atoms with Gasteiger partial charge in [0.15, 0.2) is 5.16 Å². The minimum atomic E-state index is 0.804. The monoisotopic (exact) mass is 389 g/mol. The Bertz CT molecular complexity index is 970. The second kappa shape index (κ2) is 8.93. The number of para-hydroxylation sites is 1. The van der Waals surface area contributed by atoms with Crippen LogP contribution in [0.25, 0.3) is 5.69 Å². The maximum absolute atomic E-state index is 4.79. The Balaban J connectivity index is 1.55. The van der Waals surface area contributed by atoms with Gasteiger partial charge in [0.1, 0.15) is 0 Å². The zero-order valence-corrected chi connectivity index (χ0v) is 16.4. The fourth-order valence-corrected chi connectivity index (χ4v) is 4.36. The van der Waals surface area contributed by atoms with Gasteiger partial charge in [0, 0.05) is 11.5 Å². The van der Waals surface area contributed by atoms with Gasteiger partial charge in [0.05, 0.1) is 5.69 Å². The summed E-state index contributed by atoms with van der Waals surface area (Å²) in [7, 11) is 0. The first-order valence-electron chi connectivity index (χ1n) is 8.74. The molecular formula is C22H19N3S2. The van der Waals surface area contributed by atoms with Crippen molar-refractivity contribution < 1.29 is 0 Å². The third kappa shape index (κ3) is 4.81. The number of nitrogens with zero attached hydrogens (tertiary/aromatic N) is 3. The zero-order chi connectivity index (χ0) is 18.3. The molecule has 3 nitrogen and oxygen atoms in total. The largest absolute Gasteiger partial charge is 0.210 e. The lowest BCUT2D eigenvalue weighted by atomic mass is 10.2. The molecule has 0 bridgehead atoms. The van der Waals surface area contributed by atoms with Gasteiger partial charge < -0.3 is 0 Å². The molecule has 0 amide bonds. The minimum Gasteiger partial charge on any atom is -0.207 e. The Labute approximate surface area is 167 Å². The van der Waals surface area contributed by atoms with Crippen LogP contribution in [0.4, 0.5) is 0 Å². The van der Waals surface area contributed by atoms with Gasteiger partial charge in [-0.05, 0) is 23.3 Å². The van der Waals surface area contributed by atoms with Gasteiger partial charge in [-0.3, -0.25) is 0 Å². The van der Waals surface area contributed by atoms with Crippen molar-refractivity contribution in [2.75, 3.05) is 0 Å². The first-order valence-corrected chi connectivity index (χ1v) is 10.7. The normalized spacial score (nSPS) is 10.8. The fraction of sp³-hybridized carbons (Fsp3) is 0.0909. The van der Waals surface area contributed by atoms with Crippen molar-refractivity contribution in [1.29, 1.82) is 0 Å². The van der Waals surface area contributed by atoms with E-state index in [2.05, 4.69) is 60.7 Å². The number of rotatable bonds is 7. The Morgan fingerprint density at radius 2 is 1.15 bits per heavy atom. The third-order valence-corrected chi connectivity index (χ3v) is 5.89. The van der Waals surface area contributed by atoms with Crippen LogP contribution in [0.3, 0.4) is 0 Å². The van der Waals surface area contributed by atoms with E-state index in [1.807, 2.05) is 35.0 Å². The van der Waals surface area contributed by atoms with Crippen LogP contribution in [0.2, 0.25) is 0 Å². The standard InChI is InChI=1S/C22H19N3S2/c1-4-10-18(11-5-1)16-26-21-23-22(27-17-19-12-6-2-7-13-19)25(24-21)20-14-8-3-9-15-20/h1-15H,16-17H2. The molecule has 1 heterocycles. The van der Waals surface area contributed by atoms with E-state index >= 15 is 0 Å². The van der Waals surface area contributed by atoms with E-state index < -0.39 is 0 Å². The summed E-state index contributed by atoms with van der Waals surface area (Å²) >= 11 is 3.38. The molecule has 0 aliphatic carbocycles. The predicted octanol–water partition coefficient (Wildman–Crippen LogP) is 5.85. The summed E-state index contributed by atoms with van der Waals surface area (Å²) in [5.74, 6) is 1.73. The molecular weight excluding hydrogens is 370 g/mol. The van der Waals surface area contributed by atoms with Crippen molar-refractivity contribution >= 4 is 23.5 Å². The molecule has 0 spiro atoms. The second-order valence-electron chi connectivity index (χ2n) is 5.97. The molecule has 3 aromatic carbocycles. The maximum atomic E-state index is 4.79. The number of aromatic nitrogens is 3. The molecule has 0 unspecified atom stereocenters. The van der Waals surface area contributed by atoms with Gasteiger partial charge in [-0.15, -0.1) is 5.10 Å². The first-order chi connectivity index (χ1) is 13.4. The highest BCUT2D eigenvalue weighted by Crippen LogP contribution is 2.28. The van der Waals surface area contributed by atoms with Crippen LogP contribution in [-0.2, 0) is 11.5 Å². The van der Waals surface area contributed by atoms with Crippen molar-refractivity contribution in [1.82, 2.24) is 14.8 Å². The van der Waals surface area contributed by atoms with Crippen LogP contribution >= 0.6 is 23.5 Å². The highest BCUT2D eigenvalue weighted by atomic mass is 32.2. The fourth-order valence-electron chi connectivity index (χ4n) is 2.62. The van der Waals surface area contributed by atoms with Gasteiger partial charge in [0.2, 0.25) is 5.16 Å². The molecule has 4 rings (SSSR count). The third-order valence-electron chi connectivity index (χ3n) is 3.98.